The second kappa shape index (κ2) is 18.4. The van der Waals surface area contributed by atoms with Crippen LogP contribution in [0.2, 0.25) is 0 Å². The first-order valence-corrected chi connectivity index (χ1v) is 16.7. The number of likely N-dealkylation sites (tertiary alicyclic amines) is 1. The fraction of sp³-hybridized carbons (Fsp3) is 0.742. The summed E-state index contributed by atoms with van der Waals surface area (Å²) in [6.45, 7) is 3.94. The van der Waals surface area contributed by atoms with E-state index in [9.17, 15) is 28.8 Å². The van der Waals surface area contributed by atoms with Gasteiger partial charge in [0.2, 0.25) is 23.6 Å². The van der Waals surface area contributed by atoms with Crippen LogP contribution in [0.1, 0.15) is 65.2 Å². The molecule has 4 atom stereocenters. The van der Waals surface area contributed by atoms with Gasteiger partial charge in [-0.1, -0.05) is 39.0 Å². The van der Waals surface area contributed by atoms with E-state index in [0.29, 0.717) is 45.3 Å². The molecule has 2 heterocycles. The van der Waals surface area contributed by atoms with Crippen molar-refractivity contribution in [2.45, 2.75) is 89.4 Å². The van der Waals surface area contributed by atoms with Crippen molar-refractivity contribution >= 4 is 35.6 Å². The monoisotopic (exact) mass is 663 g/mol. The zero-order chi connectivity index (χ0) is 34.5. The highest BCUT2D eigenvalue weighted by atomic mass is 16.5. The van der Waals surface area contributed by atoms with Gasteiger partial charge in [0.05, 0.1) is 6.26 Å². The quantitative estimate of drug-likeness (QED) is 0.159. The van der Waals surface area contributed by atoms with Gasteiger partial charge in [-0.3, -0.25) is 24.0 Å². The third kappa shape index (κ3) is 10.5. The fourth-order valence-electron chi connectivity index (χ4n) is 6.10. The summed E-state index contributed by atoms with van der Waals surface area (Å²) in [6, 6.07) is -4.75. The summed E-state index contributed by atoms with van der Waals surface area (Å²) in [7, 11) is 1.52. The van der Waals surface area contributed by atoms with Crippen molar-refractivity contribution in [3.63, 3.8) is 0 Å². The molecule has 9 N–H and O–H groups in total. The Bertz CT molecular complexity index is 1150. The van der Waals surface area contributed by atoms with Crippen molar-refractivity contribution in [1.29, 1.82) is 0 Å². The van der Waals surface area contributed by atoms with Crippen molar-refractivity contribution in [3.05, 3.63) is 11.8 Å². The van der Waals surface area contributed by atoms with Crippen molar-refractivity contribution in [2.24, 2.45) is 23.3 Å². The van der Waals surface area contributed by atoms with E-state index < -0.39 is 59.7 Å². The Morgan fingerprint density at radius 1 is 0.915 bits per heavy atom. The van der Waals surface area contributed by atoms with E-state index in [2.05, 4.69) is 26.6 Å². The Labute approximate surface area is 276 Å². The average molecular weight is 664 g/mol. The summed E-state index contributed by atoms with van der Waals surface area (Å²) in [5.41, 5.74) is 11.8. The molecule has 3 aliphatic rings. The zero-order valence-electron chi connectivity index (χ0n) is 27.8. The van der Waals surface area contributed by atoms with E-state index in [1.165, 1.54) is 25.1 Å². The van der Waals surface area contributed by atoms with Crippen LogP contribution in [-0.4, -0.2) is 116 Å². The molecule has 16 nitrogen and oxygen atoms in total. The molecule has 3 rings (SSSR count). The molecular formula is C31H53N9O7. The maximum absolute atomic E-state index is 13.9. The number of ether oxygens (including phenoxy) is 1. The number of likely N-dealkylation sites (N-methyl/N-ethyl adjacent to an activating group) is 1. The normalized spacial score (nSPS) is 27.8. The lowest BCUT2D eigenvalue weighted by molar-refractivity contribution is -0.139. The van der Waals surface area contributed by atoms with Crippen LogP contribution in [0.4, 0.5) is 4.79 Å². The molecule has 0 radical (unpaired) electrons. The summed E-state index contributed by atoms with van der Waals surface area (Å²) in [5, 5.41) is 13.4. The smallest absolute Gasteiger partial charge is 0.317 e. The average Bonchev–Trinajstić information content (AvgIpc) is 3.32. The lowest BCUT2D eigenvalue weighted by atomic mass is 9.90. The molecule has 2 fully saturated rings. The minimum absolute atomic E-state index is 0.183. The van der Waals surface area contributed by atoms with E-state index in [4.69, 9.17) is 16.2 Å². The van der Waals surface area contributed by atoms with Gasteiger partial charge in [-0.25, -0.2) is 4.79 Å². The van der Waals surface area contributed by atoms with Gasteiger partial charge in [-0.2, -0.15) is 0 Å². The van der Waals surface area contributed by atoms with Gasteiger partial charge in [0.15, 0.2) is 6.73 Å². The molecule has 7 amide bonds. The number of nitrogens with one attached hydrogen (secondary N) is 5. The molecule has 0 aromatic carbocycles. The number of carbonyl (C=O) groups excluding carboxylic acids is 6. The molecule has 0 spiro atoms. The highest BCUT2D eigenvalue weighted by molar-refractivity contribution is 5.98. The summed E-state index contributed by atoms with van der Waals surface area (Å²) < 4.78 is 5.42. The minimum Gasteiger partial charge on any atom is -0.480 e. The van der Waals surface area contributed by atoms with Crippen molar-refractivity contribution in [2.75, 3.05) is 46.5 Å². The predicted molar refractivity (Wildman–Crippen MR) is 173 cm³/mol. The van der Waals surface area contributed by atoms with E-state index in [1.807, 2.05) is 6.92 Å². The van der Waals surface area contributed by atoms with Crippen LogP contribution in [-0.2, 0) is 28.7 Å². The SMILES string of the molecule is CCCC1C(=O)NC(C2CCCCCC2)C(=O)NC(CN)C(=O)NC(CNC(=O)N2CC(CN)C2)C(=O)NCO/C=C(/C)C(=O)N1C. The van der Waals surface area contributed by atoms with Crippen LogP contribution in [0.15, 0.2) is 11.8 Å². The molecule has 1 saturated heterocycles. The molecule has 264 valence electrons. The summed E-state index contributed by atoms with van der Waals surface area (Å²) in [6.07, 6.45) is 7.35. The van der Waals surface area contributed by atoms with Gasteiger partial charge >= 0.3 is 6.03 Å². The molecule has 0 aromatic heterocycles. The zero-order valence-corrected chi connectivity index (χ0v) is 27.8. The Morgan fingerprint density at radius 3 is 2.19 bits per heavy atom. The molecule has 4 unspecified atom stereocenters. The number of carbonyl (C=O) groups is 6. The third-order valence-electron chi connectivity index (χ3n) is 9.07. The first-order valence-electron chi connectivity index (χ1n) is 16.7. The number of nitrogens with two attached hydrogens (primary N) is 2. The fourth-order valence-corrected chi connectivity index (χ4v) is 6.10. The van der Waals surface area contributed by atoms with Gasteiger partial charge in [0.25, 0.3) is 5.91 Å². The third-order valence-corrected chi connectivity index (χ3v) is 9.07. The molecule has 1 saturated carbocycles. The number of amides is 7. The molecule has 47 heavy (non-hydrogen) atoms. The number of rotatable bonds is 7. The number of hydrogen-bond donors (Lipinski definition) is 7. The largest absolute Gasteiger partial charge is 0.480 e. The Morgan fingerprint density at radius 2 is 1.57 bits per heavy atom. The highest BCUT2D eigenvalue weighted by Gasteiger charge is 2.37. The Balaban J connectivity index is 1.89. The van der Waals surface area contributed by atoms with Gasteiger partial charge in [0.1, 0.15) is 24.2 Å². The molecule has 16 heteroatoms. The maximum Gasteiger partial charge on any atom is 0.317 e. The molecule has 1 aliphatic carbocycles. The molecular weight excluding hydrogens is 610 g/mol. The number of hydrogen-bond acceptors (Lipinski definition) is 9. The maximum atomic E-state index is 13.9. The number of nitrogens with zero attached hydrogens (tertiary/aromatic N) is 2. The van der Waals surface area contributed by atoms with Crippen LogP contribution >= 0.6 is 0 Å². The molecule has 0 bridgehead atoms. The predicted octanol–water partition coefficient (Wildman–Crippen LogP) is -1.40. The van der Waals surface area contributed by atoms with E-state index in [-0.39, 0.29) is 37.2 Å². The first-order chi connectivity index (χ1) is 22.5. The molecule has 2 aliphatic heterocycles. The van der Waals surface area contributed by atoms with Gasteiger partial charge < -0.3 is 52.6 Å². The lowest BCUT2D eigenvalue weighted by Gasteiger charge is -2.38. The van der Waals surface area contributed by atoms with E-state index in [0.717, 1.165) is 25.7 Å². The van der Waals surface area contributed by atoms with Crippen molar-refractivity contribution < 1.29 is 33.5 Å². The summed E-state index contributed by atoms with van der Waals surface area (Å²) >= 11 is 0. The van der Waals surface area contributed by atoms with Crippen molar-refractivity contribution in [1.82, 2.24) is 36.4 Å². The second-order valence-corrected chi connectivity index (χ2v) is 12.7. The van der Waals surface area contributed by atoms with Crippen molar-refractivity contribution in [3.8, 4) is 0 Å². The van der Waals surface area contributed by atoms with Crippen LogP contribution in [0.3, 0.4) is 0 Å². The highest BCUT2D eigenvalue weighted by Crippen LogP contribution is 2.26. The van der Waals surface area contributed by atoms with Gasteiger partial charge in [-0.05, 0) is 38.6 Å². The van der Waals surface area contributed by atoms with Crippen LogP contribution in [0.5, 0.6) is 0 Å². The molecule has 0 aromatic rings. The Hall–Kier alpha value is -3.92. The topological polar surface area (TPSA) is 230 Å². The van der Waals surface area contributed by atoms with E-state index >= 15 is 0 Å². The summed E-state index contributed by atoms with van der Waals surface area (Å²) in [5.74, 6) is -2.91. The standard InChI is InChI=1S/C31H53N9O7/c1-4-9-24-28(43)38-25(21-10-7-5-6-8-11-21)29(44)36-22(13-33)27(42)37-23(14-34-31(46)40-15-20(12-32)16-40)26(41)35-18-47-17-19(2)30(45)39(24)3/h17,20-25H,4-16,18,32-33H2,1-3H3,(H,34,46)(H,35,41)(H,36,44)(H,37,42)(H,38,43)/b19-17-. The second-order valence-electron chi connectivity index (χ2n) is 12.7. The van der Waals surface area contributed by atoms with Crippen LogP contribution in [0, 0.1) is 11.8 Å². The van der Waals surface area contributed by atoms with Crippen LogP contribution < -0.4 is 38.1 Å². The summed E-state index contributed by atoms with van der Waals surface area (Å²) in [4.78, 5) is 83.0. The van der Waals surface area contributed by atoms with E-state index in [1.54, 1.807) is 4.90 Å². The lowest BCUT2D eigenvalue weighted by Crippen LogP contribution is -2.63. The Kier molecular flexibility index (Phi) is 14.7. The van der Waals surface area contributed by atoms with Crippen LogP contribution in [0.25, 0.3) is 0 Å². The number of urea groups is 1. The van der Waals surface area contributed by atoms with Gasteiger partial charge in [0, 0.05) is 44.7 Å². The first kappa shape index (κ1) is 37.5. The van der Waals surface area contributed by atoms with Gasteiger partial charge in [-0.15, -0.1) is 0 Å². The minimum atomic E-state index is -1.25.